The summed E-state index contributed by atoms with van der Waals surface area (Å²) in [6.07, 6.45) is 1.63. The number of sulfone groups is 1. The Morgan fingerprint density at radius 3 is 2.30 bits per heavy atom. The zero-order valence-corrected chi connectivity index (χ0v) is 12.5. The van der Waals surface area contributed by atoms with Gasteiger partial charge in [-0.05, 0) is 26.2 Å². The molecule has 1 amide bonds. The van der Waals surface area contributed by atoms with Crippen LogP contribution in [-0.4, -0.2) is 56.4 Å². The topological polar surface area (TPSA) is 80.8 Å². The molecule has 6 nitrogen and oxygen atoms in total. The van der Waals surface area contributed by atoms with E-state index in [1.54, 1.807) is 11.8 Å². The van der Waals surface area contributed by atoms with Crippen LogP contribution in [0.5, 0.6) is 0 Å². The first-order valence-corrected chi connectivity index (χ1v) is 8.91. The number of carbonyl (C=O) groups excluding carboxylic acids is 2. The second-order valence-corrected chi connectivity index (χ2v) is 7.68. The Balaban J connectivity index is 1.85. The minimum Gasteiger partial charge on any atom is -0.466 e. The fourth-order valence-corrected chi connectivity index (χ4v) is 4.58. The third-order valence-electron chi connectivity index (χ3n) is 4.01. The van der Waals surface area contributed by atoms with Gasteiger partial charge in [0.05, 0.1) is 29.9 Å². The van der Waals surface area contributed by atoms with E-state index < -0.39 is 9.84 Å². The quantitative estimate of drug-likeness (QED) is 0.697. The number of hydrogen-bond donors (Lipinski definition) is 0. The molecule has 1 unspecified atom stereocenters. The summed E-state index contributed by atoms with van der Waals surface area (Å²) < 4.78 is 27.8. The standard InChI is InChI=1S/C13H21NO5S/c1-2-19-13(16)10-3-6-14(7-4-10)12(15)11-5-8-20(17,18)9-11/h10-11H,2-9H2,1H3. The predicted octanol–water partition coefficient (Wildman–Crippen LogP) is 0.223. The van der Waals surface area contributed by atoms with E-state index in [2.05, 4.69) is 0 Å². The molecule has 0 bridgehead atoms. The molecule has 0 aromatic heterocycles. The number of esters is 1. The maximum Gasteiger partial charge on any atom is 0.309 e. The van der Waals surface area contributed by atoms with E-state index in [1.165, 1.54) is 0 Å². The Bertz CT molecular complexity index is 479. The highest BCUT2D eigenvalue weighted by Crippen LogP contribution is 2.24. The van der Waals surface area contributed by atoms with Crippen LogP contribution in [0.15, 0.2) is 0 Å². The maximum atomic E-state index is 12.2. The van der Waals surface area contributed by atoms with Crippen molar-refractivity contribution < 1.29 is 22.7 Å². The Morgan fingerprint density at radius 2 is 1.80 bits per heavy atom. The molecule has 0 saturated carbocycles. The van der Waals surface area contributed by atoms with Crippen molar-refractivity contribution in [2.45, 2.75) is 26.2 Å². The lowest BCUT2D eigenvalue weighted by atomic mass is 9.95. The highest BCUT2D eigenvalue weighted by Gasteiger charge is 2.37. The fourth-order valence-electron chi connectivity index (χ4n) is 2.84. The van der Waals surface area contributed by atoms with Crippen molar-refractivity contribution in [2.75, 3.05) is 31.2 Å². The Kier molecular flexibility index (Phi) is 4.67. The number of amides is 1. The molecule has 0 aliphatic carbocycles. The van der Waals surface area contributed by atoms with Crippen molar-refractivity contribution in [1.82, 2.24) is 4.90 Å². The third kappa shape index (κ3) is 3.50. The Labute approximate surface area is 119 Å². The van der Waals surface area contributed by atoms with Gasteiger partial charge in [0, 0.05) is 13.1 Å². The van der Waals surface area contributed by atoms with Gasteiger partial charge in [-0.1, -0.05) is 0 Å². The number of carbonyl (C=O) groups is 2. The minimum atomic E-state index is -3.03. The Hall–Kier alpha value is -1.11. The highest BCUT2D eigenvalue weighted by atomic mass is 32.2. The molecule has 0 aromatic rings. The second-order valence-electron chi connectivity index (χ2n) is 5.45. The van der Waals surface area contributed by atoms with E-state index in [4.69, 9.17) is 4.74 Å². The van der Waals surface area contributed by atoms with Crippen molar-refractivity contribution in [3.8, 4) is 0 Å². The van der Waals surface area contributed by atoms with Crippen LogP contribution in [0.25, 0.3) is 0 Å². The van der Waals surface area contributed by atoms with Gasteiger partial charge in [-0.25, -0.2) is 8.42 Å². The largest absolute Gasteiger partial charge is 0.466 e. The van der Waals surface area contributed by atoms with Gasteiger partial charge in [0.25, 0.3) is 0 Å². The lowest BCUT2D eigenvalue weighted by molar-refractivity contribution is -0.151. The molecule has 20 heavy (non-hydrogen) atoms. The van der Waals surface area contributed by atoms with Crippen LogP contribution in [0.4, 0.5) is 0 Å². The molecule has 114 valence electrons. The zero-order chi connectivity index (χ0) is 14.8. The van der Waals surface area contributed by atoms with Gasteiger partial charge in [0.1, 0.15) is 0 Å². The number of likely N-dealkylation sites (tertiary alicyclic amines) is 1. The van der Waals surface area contributed by atoms with Gasteiger partial charge < -0.3 is 9.64 Å². The molecule has 0 N–H and O–H groups in total. The molecular weight excluding hydrogens is 282 g/mol. The fraction of sp³-hybridized carbons (Fsp3) is 0.846. The molecule has 0 aromatic carbocycles. The van der Waals surface area contributed by atoms with Crippen molar-refractivity contribution in [1.29, 1.82) is 0 Å². The lowest BCUT2D eigenvalue weighted by Crippen LogP contribution is -2.43. The van der Waals surface area contributed by atoms with E-state index in [9.17, 15) is 18.0 Å². The summed E-state index contributed by atoms with van der Waals surface area (Å²) in [5.41, 5.74) is 0. The van der Waals surface area contributed by atoms with Crippen LogP contribution >= 0.6 is 0 Å². The molecule has 0 radical (unpaired) electrons. The van der Waals surface area contributed by atoms with Crippen LogP contribution in [-0.2, 0) is 24.2 Å². The van der Waals surface area contributed by atoms with Crippen LogP contribution in [0.3, 0.4) is 0 Å². The van der Waals surface area contributed by atoms with Gasteiger partial charge >= 0.3 is 5.97 Å². The average Bonchev–Trinajstić information content (AvgIpc) is 2.79. The van der Waals surface area contributed by atoms with Gasteiger partial charge in [-0.15, -0.1) is 0 Å². The molecular formula is C13H21NO5S. The first-order chi connectivity index (χ1) is 9.43. The summed E-state index contributed by atoms with van der Waals surface area (Å²) in [5.74, 6) is -0.700. The van der Waals surface area contributed by atoms with Gasteiger partial charge in [0.2, 0.25) is 5.91 Å². The molecule has 2 aliphatic rings. The first kappa shape index (κ1) is 15.3. The molecule has 7 heteroatoms. The van der Waals surface area contributed by atoms with Crippen molar-refractivity contribution in [3.05, 3.63) is 0 Å². The first-order valence-electron chi connectivity index (χ1n) is 7.09. The van der Waals surface area contributed by atoms with E-state index in [1.807, 2.05) is 0 Å². The van der Waals surface area contributed by atoms with Crippen molar-refractivity contribution in [2.24, 2.45) is 11.8 Å². The molecule has 0 spiro atoms. The summed E-state index contributed by atoms with van der Waals surface area (Å²) in [7, 11) is -3.03. The summed E-state index contributed by atoms with van der Waals surface area (Å²) in [5, 5.41) is 0. The van der Waals surface area contributed by atoms with Crippen LogP contribution < -0.4 is 0 Å². The van der Waals surface area contributed by atoms with Crippen LogP contribution in [0.2, 0.25) is 0 Å². The van der Waals surface area contributed by atoms with Gasteiger partial charge in [-0.3, -0.25) is 9.59 Å². The molecule has 2 saturated heterocycles. The number of ether oxygens (including phenoxy) is 1. The van der Waals surface area contributed by atoms with E-state index in [0.29, 0.717) is 39.0 Å². The monoisotopic (exact) mass is 303 g/mol. The zero-order valence-electron chi connectivity index (χ0n) is 11.7. The van der Waals surface area contributed by atoms with Crippen molar-refractivity contribution >= 4 is 21.7 Å². The smallest absolute Gasteiger partial charge is 0.309 e. The van der Waals surface area contributed by atoms with Crippen molar-refractivity contribution in [3.63, 3.8) is 0 Å². The number of rotatable bonds is 3. The highest BCUT2D eigenvalue weighted by molar-refractivity contribution is 7.91. The normalized spacial score (nSPS) is 26.4. The minimum absolute atomic E-state index is 0.0242. The van der Waals surface area contributed by atoms with Gasteiger partial charge in [-0.2, -0.15) is 0 Å². The molecule has 2 heterocycles. The molecule has 2 fully saturated rings. The number of hydrogen-bond acceptors (Lipinski definition) is 5. The van der Waals surface area contributed by atoms with Gasteiger partial charge in [0.15, 0.2) is 9.84 Å². The molecule has 1 atom stereocenters. The third-order valence-corrected chi connectivity index (χ3v) is 5.78. The average molecular weight is 303 g/mol. The van der Waals surface area contributed by atoms with E-state index in [0.717, 1.165) is 0 Å². The maximum absolute atomic E-state index is 12.2. The molecule has 2 aliphatic heterocycles. The van der Waals surface area contributed by atoms with E-state index in [-0.39, 0.29) is 35.2 Å². The summed E-state index contributed by atoms with van der Waals surface area (Å²) in [6.45, 7) is 3.17. The SMILES string of the molecule is CCOC(=O)C1CCN(C(=O)C2CCS(=O)(=O)C2)CC1. The van der Waals surface area contributed by atoms with Crippen LogP contribution in [0.1, 0.15) is 26.2 Å². The number of nitrogens with zero attached hydrogens (tertiary/aromatic N) is 1. The van der Waals surface area contributed by atoms with E-state index >= 15 is 0 Å². The second kappa shape index (κ2) is 6.11. The lowest BCUT2D eigenvalue weighted by Gasteiger charge is -2.32. The number of piperidine rings is 1. The summed E-state index contributed by atoms with van der Waals surface area (Å²) in [4.78, 5) is 25.5. The summed E-state index contributed by atoms with van der Waals surface area (Å²) in [6, 6.07) is 0. The van der Waals surface area contributed by atoms with Crippen LogP contribution in [0, 0.1) is 11.8 Å². The predicted molar refractivity (Wildman–Crippen MR) is 72.7 cm³/mol. The molecule has 2 rings (SSSR count). The summed E-state index contributed by atoms with van der Waals surface area (Å²) >= 11 is 0. The Morgan fingerprint density at radius 1 is 1.15 bits per heavy atom.